The molecule has 100 valence electrons. The number of rotatable bonds is 1. The SMILES string of the molecule is Clc1cc2nc(-c3ccc4c(c3)CCC4)[nH]c2cc1Cl. The zero-order valence-corrected chi connectivity index (χ0v) is 12.2. The first-order chi connectivity index (χ1) is 9.70. The van der Waals surface area contributed by atoms with Gasteiger partial charge in [-0.15, -0.1) is 0 Å². The lowest BCUT2D eigenvalue weighted by atomic mass is 10.1. The highest BCUT2D eigenvalue weighted by atomic mass is 35.5. The van der Waals surface area contributed by atoms with Gasteiger partial charge in [-0.3, -0.25) is 0 Å². The normalized spacial score (nSPS) is 13.9. The van der Waals surface area contributed by atoms with Crippen LogP contribution in [-0.4, -0.2) is 9.97 Å². The second kappa shape index (κ2) is 4.51. The van der Waals surface area contributed by atoms with Gasteiger partial charge in [0, 0.05) is 5.56 Å². The number of hydrogen-bond donors (Lipinski definition) is 1. The highest BCUT2D eigenvalue weighted by Crippen LogP contribution is 2.30. The van der Waals surface area contributed by atoms with Crippen molar-refractivity contribution in [3.8, 4) is 11.4 Å². The Bertz CT molecular complexity index is 782. The first-order valence-electron chi connectivity index (χ1n) is 6.68. The zero-order valence-electron chi connectivity index (χ0n) is 10.7. The van der Waals surface area contributed by atoms with E-state index in [1.165, 1.54) is 30.4 Å². The molecule has 0 spiro atoms. The summed E-state index contributed by atoms with van der Waals surface area (Å²) < 4.78 is 0. The van der Waals surface area contributed by atoms with Gasteiger partial charge in [0.15, 0.2) is 0 Å². The number of aromatic nitrogens is 2. The van der Waals surface area contributed by atoms with Crippen molar-refractivity contribution in [3.05, 3.63) is 51.5 Å². The lowest BCUT2D eigenvalue weighted by molar-refractivity contribution is 0.912. The van der Waals surface area contributed by atoms with Gasteiger partial charge in [-0.05, 0) is 48.6 Å². The zero-order chi connectivity index (χ0) is 13.7. The number of fused-ring (bicyclic) bond motifs is 2. The number of H-pyrrole nitrogens is 1. The molecule has 0 fully saturated rings. The Morgan fingerprint density at radius 1 is 0.950 bits per heavy atom. The molecule has 1 heterocycles. The molecule has 0 bridgehead atoms. The number of imidazole rings is 1. The molecule has 1 aliphatic carbocycles. The van der Waals surface area contributed by atoms with Crippen molar-refractivity contribution < 1.29 is 0 Å². The maximum absolute atomic E-state index is 6.04. The summed E-state index contributed by atoms with van der Waals surface area (Å²) in [6.45, 7) is 0. The van der Waals surface area contributed by atoms with E-state index in [4.69, 9.17) is 23.2 Å². The van der Waals surface area contributed by atoms with E-state index in [0.717, 1.165) is 22.4 Å². The molecule has 0 unspecified atom stereocenters. The molecule has 0 aliphatic heterocycles. The van der Waals surface area contributed by atoms with Crippen molar-refractivity contribution in [2.75, 3.05) is 0 Å². The Balaban J connectivity index is 1.86. The van der Waals surface area contributed by atoms with Crippen molar-refractivity contribution in [1.82, 2.24) is 9.97 Å². The predicted molar refractivity (Wildman–Crippen MR) is 83.6 cm³/mol. The van der Waals surface area contributed by atoms with Crippen molar-refractivity contribution in [2.45, 2.75) is 19.3 Å². The van der Waals surface area contributed by atoms with Gasteiger partial charge in [0.25, 0.3) is 0 Å². The standard InChI is InChI=1S/C16H12Cl2N2/c17-12-7-14-15(8-13(12)18)20-16(19-14)11-5-4-9-2-1-3-10(9)6-11/h4-8H,1-3H2,(H,19,20). The van der Waals surface area contributed by atoms with Crippen LogP contribution >= 0.6 is 23.2 Å². The molecular weight excluding hydrogens is 291 g/mol. The van der Waals surface area contributed by atoms with Crippen molar-refractivity contribution >= 4 is 34.2 Å². The second-order valence-corrected chi connectivity index (χ2v) is 6.02. The number of aromatic amines is 1. The molecule has 1 N–H and O–H groups in total. The van der Waals surface area contributed by atoms with Gasteiger partial charge in [-0.2, -0.15) is 0 Å². The van der Waals surface area contributed by atoms with Gasteiger partial charge < -0.3 is 4.98 Å². The predicted octanol–water partition coefficient (Wildman–Crippen LogP) is 5.03. The van der Waals surface area contributed by atoms with Crippen molar-refractivity contribution in [2.24, 2.45) is 0 Å². The molecule has 0 atom stereocenters. The van der Waals surface area contributed by atoms with Crippen LogP contribution in [0.1, 0.15) is 17.5 Å². The summed E-state index contributed by atoms with van der Waals surface area (Å²) in [6.07, 6.45) is 3.62. The first-order valence-corrected chi connectivity index (χ1v) is 7.43. The van der Waals surface area contributed by atoms with E-state index in [1.807, 2.05) is 6.07 Å². The average molecular weight is 303 g/mol. The molecule has 20 heavy (non-hydrogen) atoms. The molecule has 1 aromatic heterocycles. The monoisotopic (exact) mass is 302 g/mol. The Kier molecular flexibility index (Phi) is 2.76. The van der Waals surface area contributed by atoms with Crippen LogP contribution < -0.4 is 0 Å². The maximum Gasteiger partial charge on any atom is 0.138 e. The third-order valence-corrected chi connectivity index (χ3v) is 4.62. The van der Waals surface area contributed by atoms with Crippen molar-refractivity contribution in [3.63, 3.8) is 0 Å². The summed E-state index contributed by atoms with van der Waals surface area (Å²) in [5.74, 6) is 0.869. The summed E-state index contributed by atoms with van der Waals surface area (Å²) in [4.78, 5) is 7.93. The molecule has 2 nitrogen and oxygen atoms in total. The van der Waals surface area contributed by atoms with E-state index < -0.39 is 0 Å². The number of nitrogens with zero attached hydrogens (tertiary/aromatic N) is 1. The smallest absolute Gasteiger partial charge is 0.138 e. The summed E-state index contributed by atoms with van der Waals surface area (Å²) in [7, 11) is 0. The fourth-order valence-corrected chi connectivity index (χ4v) is 3.18. The van der Waals surface area contributed by atoms with Crippen LogP contribution in [0.15, 0.2) is 30.3 Å². The summed E-state index contributed by atoms with van der Waals surface area (Å²) in [6, 6.07) is 10.2. The average Bonchev–Trinajstić information content (AvgIpc) is 3.04. The molecule has 1 aliphatic rings. The number of hydrogen-bond acceptors (Lipinski definition) is 1. The van der Waals surface area contributed by atoms with Gasteiger partial charge in [0.1, 0.15) is 5.82 Å². The molecular formula is C16H12Cl2N2. The lowest BCUT2D eigenvalue weighted by Crippen LogP contribution is -1.85. The largest absolute Gasteiger partial charge is 0.338 e. The number of benzene rings is 2. The molecule has 3 aromatic rings. The fourth-order valence-electron chi connectivity index (χ4n) is 2.86. The Morgan fingerprint density at radius 2 is 1.75 bits per heavy atom. The summed E-state index contributed by atoms with van der Waals surface area (Å²) >= 11 is 12.1. The lowest BCUT2D eigenvalue weighted by Gasteiger charge is -2.01. The topological polar surface area (TPSA) is 28.7 Å². The molecule has 0 radical (unpaired) electrons. The van der Waals surface area contributed by atoms with E-state index >= 15 is 0 Å². The van der Waals surface area contributed by atoms with Crippen LogP contribution in [0.5, 0.6) is 0 Å². The summed E-state index contributed by atoms with van der Waals surface area (Å²) in [5, 5.41) is 1.08. The summed E-state index contributed by atoms with van der Waals surface area (Å²) in [5.41, 5.74) is 5.79. The first kappa shape index (κ1) is 12.2. The number of nitrogens with one attached hydrogen (secondary N) is 1. The number of aryl methyl sites for hydroxylation is 2. The molecule has 4 heteroatoms. The number of halogens is 2. The van der Waals surface area contributed by atoms with E-state index in [0.29, 0.717) is 10.0 Å². The van der Waals surface area contributed by atoms with Crippen LogP contribution in [0.3, 0.4) is 0 Å². The van der Waals surface area contributed by atoms with E-state index in [1.54, 1.807) is 6.07 Å². The quantitative estimate of drug-likeness (QED) is 0.671. The van der Waals surface area contributed by atoms with Crippen molar-refractivity contribution in [1.29, 1.82) is 0 Å². The molecule has 0 saturated carbocycles. The Morgan fingerprint density at radius 3 is 2.65 bits per heavy atom. The van der Waals surface area contributed by atoms with Gasteiger partial charge in [-0.1, -0.05) is 35.3 Å². The van der Waals surface area contributed by atoms with E-state index in [2.05, 4.69) is 28.2 Å². The molecule has 4 rings (SSSR count). The fraction of sp³-hybridized carbons (Fsp3) is 0.188. The van der Waals surface area contributed by atoms with Gasteiger partial charge in [-0.25, -0.2) is 4.98 Å². The third kappa shape index (κ3) is 1.91. The Labute approximate surface area is 126 Å². The Hall–Kier alpha value is -1.51. The van der Waals surface area contributed by atoms with Crippen LogP contribution in [0.2, 0.25) is 10.0 Å². The van der Waals surface area contributed by atoms with Crippen LogP contribution in [-0.2, 0) is 12.8 Å². The minimum atomic E-state index is 0.533. The molecule has 2 aromatic carbocycles. The maximum atomic E-state index is 6.04. The highest BCUT2D eigenvalue weighted by molar-refractivity contribution is 6.42. The molecule has 0 amide bonds. The minimum Gasteiger partial charge on any atom is -0.338 e. The van der Waals surface area contributed by atoms with Gasteiger partial charge in [0.2, 0.25) is 0 Å². The van der Waals surface area contributed by atoms with Gasteiger partial charge >= 0.3 is 0 Å². The highest BCUT2D eigenvalue weighted by Gasteiger charge is 2.13. The van der Waals surface area contributed by atoms with Crippen LogP contribution in [0, 0.1) is 0 Å². The second-order valence-electron chi connectivity index (χ2n) is 5.21. The van der Waals surface area contributed by atoms with Gasteiger partial charge in [0.05, 0.1) is 21.1 Å². The van der Waals surface area contributed by atoms with Crippen LogP contribution in [0.25, 0.3) is 22.4 Å². The molecule has 0 saturated heterocycles. The van der Waals surface area contributed by atoms with E-state index in [9.17, 15) is 0 Å². The van der Waals surface area contributed by atoms with E-state index in [-0.39, 0.29) is 0 Å². The third-order valence-electron chi connectivity index (χ3n) is 3.90. The van der Waals surface area contributed by atoms with Crippen LogP contribution in [0.4, 0.5) is 0 Å². The minimum absolute atomic E-state index is 0.533.